The van der Waals surface area contributed by atoms with E-state index in [9.17, 15) is 19.2 Å². The van der Waals surface area contributed by atoms with Crippen LogP contribution in [-0.2, 0) is 14.4 Å². The fraction of sp³-hybridized carbons (Fsp3) is 0.238. The molecule has 1 aromatic heterocycles. The molecule has 3 rings (SSSR count). The first-order chi connectivity index (χ1) is 13.6. The van der Waals surface area contributed by atoms with Gasteiger partial charge in [0.15, 0.2) is 0 Å². The zero-order chi connectivity index (χ0) is 21.5. The monoisotopic (exact) mass is 394 g/mol. The molecule has 1 aliphatic rings. The van der Waals surface area contributed by atoms with Gasteiger partial charge in [0, 0.05) is 43.8 Å². The number of imide groups is 2. The van der Waals surface area contributed by atoms with E-state index in [1.807, 2.05) is 36.6 Å². The summed E-state index contributed by atoms with van der Waals surface area (Å²) in [4.78, 5) is 49.8. The number of hydrogen-bond acceptors (Lipinski definition) is 4. The molecule has 8 heteroatoms. The Kier molecular flexibility index (Phi) is 5.11. The first-order valence-electron chi connectivity index (χ1n) is 9.00. The van der Waals surface area contributed by atoms with Crippen LogP contribution in [0.3, 0.4) is 0 Å². The van der Waals surface area contributed by atoms with Crippen molar-refractivity contribution < 1.29 is 19.2 Å². The van der Waals surface area contributed by atoms with Crippen LogP contribution in [0.15, 0.2) is 35.9 Å². The van der Waals surface area contributed by atoms with Gasteiger partial charge in [-0.25, -0.2) is 4.79 Å². The van der Waals surface area contributed by atoms with E-state index in [0.29, 0.717) is 11.3 Å². The van der Waals surface area contributed by atoms with Crippen molar-refractivity contribution in [3.8, 4) is 5.69 Å². The number of hydrogen-bond donors (Lipinski definition) is 1. The molecule has 0 atom stereocenters. The summed E-state index contributed by atoms with van der Waals surface area (Å²) in [6.07, 6.45) is 1.52. The second kappa shape index (κ2) is 7.38. The molecule has 1 aromatic carbocycles. The average molecular weight is 394 g/mol. The lowest BCUT2D eigenvalue weighted by Crippen LogP contribution is -2.52. The predicted molar refractivity (Wildman–Crippen MR) is 108 cm³/mol. The van der Waals surface area contributed by atoms with Crippen molar-refractivity contribution in [2.75, 3.05) is 19.4 Å². The molecule has 1 saturated heterocycles. The molecular weight excluding hydrogens is 372 g/mol. The van der Waals surface area contributed by atoms with Gasteiger partial charge in [0.1, 0.15) is 5.57 Å². The zero-order valence-corrected chi connectivity index (χ0v) is 16.9. The Morgan fingerprint density at radius 2 is 1.52 bits per heavy atom. The molecule has 150 valence electrons. The largest absolute Gasteiger partial charge is 0.333 e. The molecule has 0 radical (unpaired) electrons. The number of amides is 5. The predicted octanol–water partition coefficient (Wildman–Crippen LogP) is 2.49. The van der Waals surface area contributed by atoms with Crippen molar-refractivity contribution in [2.45, 2.75) is 20.8 Å². The number of aromatic nitrogens is 1. The molecule has 0 bridgehead atoms. The third kappa shape index (κ3) is 3.56. The van der Waals surface area contributed by atoms with Crippen LogP contribution in [0, 0.1) is 13.8 Å². The fourth-order valence-corrected chi connectivity index (χ4v) is 3.36. The van der Waals surface area contributed by atoms with Crippen LogP contribution in [-0.4, -0.2) is 52.2 Å². The first-order valence-corrected chi connectivity index (χ1v) is 9.00. The van der Waals surface area contributed by atoms with Crippen molar-refractivity contribution in [1.82, 2.24) is 14.4 Å². The van der Waals surface area contributed by atoms with E-state index in [2.05, 4.69) is 5.32 Å². The van der Waals surface area contributed by atoms with Gasteiger partial charge in [0.05, 0.1) is 0 Å². The smallest absolute Gasteiger partial charge is 0.326 e. The van der Waals surface area contributed by atoms with E-state index in [1.54, 1.807) is 12.1 Å². The van der Waals surface area contributed by atoms with Crippen LogP contribution in [0.5, 0.6) is 0 Å². The van der Waals surface area contributed by atoms with Crippen molar-refractivity contribution in [3.63, 3.8) is 0 Å². The summed E-state index contributed by atoms with van der Waals surface area (Å²) < 4.78 is 1.99. The van der Waals surface area contributed by atoms with E-state index in [-0.39, 0.29) is 11.5 Å². The maximum absolute atomic E-state index is 12.4. The number of nitrogens with zero attached hydrogens (tertiary/aromatic N) is 3. The normalized spacial score (nSPS) is 14.5. The van der Waals surface area contributed by atoms with Crippen LogP contribution >= 0.6 is 0 Å². The van der Waals surface area contributed by atoms with E-state index < -0.39 is 17.8 Å². The van der Waals surface area contributed by atoms with Crippen molar-refractivity contribution in [1.29, 1.82) is 0 Å². The zero-order valence-electron chi connectivity index (χ0n) is 16.9. The van der Waals surface area contributed by atoms with Gasteiger partial charge in [-0.3, -0.25) is 24.2 Å². The maximum Gasteiger partial charge on any atom is 0.333 e. The van der Waals surface area contributed by atoms with Gasteiger partial charge in [0.2, 0.25) is 5.91 Å². The van der Waals surface area contributed by atoms with E-state index >= 15 is 0 Å². The molecule has 1 fully saturated rings. The minimum atomic E-state index is -0.651. The third-order valence-electron chi connectivity index (χ3n) is 4.86. The summed E-state index contributed by atoms with van der Waals surface area (Å²) in [6.45, 7) is 5.25. The lowest BCUT2D eigenvalue weighted by atomic mass is 10.1. The lowest BCUT2D eigenvalue weighted by molar-refractivity contribution is -0.134. The second-order valence-electron chi connectivity index (χ2n) is 6.96. The Morgan fingerprint density at radius 3 is 2.03 bits per heavy atom. The molecule has 8 nitrogen and oxygen atoms in total. The highest BCUT2D eigenvalue weighted by Crippen LogP contribution is 2.25. The molecular formula is C21H22N4O4. The molecule has 29 heavy (non-hydrogen) atoms. The average Bonchev–Trinajstić information content (AvgIpc) is 2.95. The minimum absolute atomic E-state index is 0.0594. The first kappa shape index (κ1) is 20.1. The van der Waals surface area contributed by atoms with Crippen LogP contribution in [0.25, 0.3) is 11.8 Å². The van der Waals surface area contributed by atoms with Gasteiger partial charge in [0.25, 0.3) is 11.8 Å². The molecule has 1 aliphatic heterocycles. The molecule has 0 aliphatic carbocycles. The Labute approximate surface area is 168 Å². The van der Waals surface area contributed by atoms with E-state index in [1.165, 1.54) is 27.1 Å². The molecule has 0 saturated carbocycles. The van der Waals surface area contributed by atoms with Crippen LogP contribution in [0.4, 0.5) is 10.5 Å². The third-order valence-corrected chi connectivity index (χ3v) is 4.86. The summed E-state index contributed by atoms with van der Waals surface area (Å²) >= 11 is 0. The second-order valence-corrected chi connectivity index (χ2v) is 6.96. The SMILES string of the molecule is CC(=O)Nc1ccc(-n2c(C)cc(C=C3C(=O)N(C)C(=O)N(C)C3=O)c2C)cc1. The molecule has 2 heterocycles. The highest BCUT2D eigenvalue weighted by Gasteiger charge is 2.38. The van der Waals surface area contributed by atoms with Crippen molar-refractivity contribution in [3.05, 3.63) is 52.9 Å². The summed E-state index contributed by atoms with van der Waals surface area (Å²) in [6, 6.07) is 8.58. The van der Waals surface area contributed by atoms with Crippen molar-refractivity contribution >= 4 is 35.5 Å². The number of carbonyl (C=O) groups excluding carboxylic acids is 4. The summed E-state index contributed by atoms with van der Waals surface area (Å²) in [5, 5.41) is 2.72. The molecule has 0 unspecified atom stereocenters. The number of nitrogens with one attached hydrogen (secondary N) is 1. The Hall–Kier alpha value is -3.68. The molecule has 0 spiro atoms. The maximum atomic E-state index is 12.4. The quantitative estimate of drug-likeness (QED) is 0.640. The number of carbonyl (C=O) groups is 4. The molecule has 2 aromatic rings. The van der Waals surface area contributed by atoms with Gasteiger partial charge in [-0.15, -0.1) is 0 Å². The Balaban J connectivity index is 2.01. The number of anilines is 1. The molecule has 5 amide bonds. The highest BCUT2D eigenvalue weighted by atomic mass is 16.2. The highest BCUT2D eigenvalue weighted by molar-refractivity contribution is 6.30. The van der Waals surface area contributed by atoms with Crippen LogP contribution < -0.4 is 5.32 Å². The summed E-state index contributed by atoms with van der Waals surface area (Å²) in [5.74, 6) is -1.39. The van der Waals surface area contributed by atoms with Crippen molar-refractivity contribution in [2.24, 2.45) is 0 Å². The summed E-state index contributed by atoms with van der Waals surface area (Å²) in [7, 11) is 2.70. The van der Waals surface area contributed by atoms with Gasteiger partial charge in [-0.1, -0.05) is 0 Å². The van der Waals surface area contributed by atoms with Gasteiger partial charge >= 0.3 is 6.03 Å². The minimum Gasteiger partial charge on any atom is -0.326 e. The van der Waals surface area contributed by atoms with Gasteiger partial charge in [-0.2, -0.15) is 0 Å². The number of aryl methyl sites for hydroxylation is 1. The van der Waals surface area contributed by atoms with Gasteiger partial charge < -0.3 is 9.88 Å². The lowest BCUT2D eigenvalue weighted by Gasteiger charge is -2.28. The number of rotatable bonds is 3. The standard InChI is InChI=1S/C21H22N4O4/c1-12-10-15(11-18-19(27)23(4)21(29)24(5)20(18)28)13(2)25(12)17-8-6-16(7-9-17)22-14(3)26/h6-11H,1-5H3,(H,22,26). The van der Waals surface area contributed by atoms with Crippen LogP contribution in [0.2, 0.25) is 0 Å². The van der Waals surface area contributed by atoms with Crippen LogP contribution in [0.1, 0.15) is 23.9 Å². The van der Waals surface area contributed by atoms with Gasteiger partial charge in [-0.05, 0) is 55.8 Å². The number of benzene rings is 1. The van der Waals surface area contributed by atoms with E-state index in [4.69, 9.17) is 0 Å². The number of urea groups is 1. The summed E-state index contributed by atoms with van der Waals surface area (Å²) in [5.41, 5.74) is 3.97. The Morgan fingerprint density at radius 1 is 0.966 bits per heavy atom. The Bertz CT molecular complexity index is 1040. The topological polar surface area (TPSA) is 91.7 Å². The fourth-order valence-electron chi connectivity index (χ4n) is 3.36. The number of likely N-dealkylation sites (N-methyl/N-ethyl adjacent to an activating group) is 2. The van der Waals surface area contributed by atoms with E-state index in [0.717, 1.165) is 26.9 Å². The molecule has 1 N–H and O–H groups in total. The number of barbiturate groups is 1.